The molecule has 0 heterocycles. The fraction of sp³-hybridized carbons (Fsp3) is 1.00. The molecular formula is C23H48O3. The van der Waals surface area contributed by atoms with Gasteiger partial charge in [-0.05, 0) is 5.92 Å². The third-order valence-corrected chi connectivity index (χ3v) is 5.61. The molecule has 0 aromatic carbocycles. The molecule has 0 aliphatic rings. The lowest BCUT2D eigenvalue weighted by Crippen LogP contribution is -2.30. The quantitative estimate of drug-likeness (QED) is 0.165. The van der Waals surface area contributed by atoms with Crippen LogP contribution in [0.3, 0.4) is 0 Å². The maximum atomic E-state index is 9.07. The predicted molar refractivity (Wildman–Crippen MR) is 112 cm³/mol. The summed E-state index contributed by atoms with van der Waals surface area (Å²) in [5.74, 6) is -2.28. The molecule has 0 aliphatic carbocycles. The van der Waals surface area contributed by atoms with E-state index in [1.807, 2.05) is 6.92 Å². The summed E-state index contributed by atoms with van der Waals surface area (Å²) in [6.07, 6.45) is 23.8. The van der Waals surface area contributed by atoms with Crippen LogP contribution in [0, 0.1) is 5.92 Å². The van der Waals surface area contributed by atoms with E-state index in [4.69, 9.17) is 15.3 Å². The van der Waals surface area contributed by atoms with E-state index >= 15 is 0 Å². The molecular weight excluding hydrogens is 324 g/mol. The summed E-state index contributed by atoms with van der Waals surface area (Å²) >= 11 is 0. The smallest absolute Gasteiger partial charge is 0.275 e. The van der Waals surface area contributed by atoms with Gasteiger partial charge in [-0.1, -0.05) is 129 Å². The molecule has 3 N–H and O–H groups in total. The molecule has 3 nitrogen and oxygen atoms in total. The zero-order valence-electron chi connectivity index (χ0n) is 17.9. The van der Waals surface area contributed by atoms with Crippen molar-refractivity contribution in [2.45, 2.75) is 142 Å². The molecule has 0 saturated heterocycles. The van der Waals surface area contributed by atoms with E-state index in [0.29, 0.717) is 0 Å². The Kier molecular flexibility index (Phi) is 18.2. The second-order valence-electron chi connectivity index (χ2n) is 8.34. The van der Waals surface area contributed by atoms with Gasteiger partial charge >= 0.3 is 0 Å². The minimum absolute atomic E-state index is 0.0717. The third-order valence-electron chi connectivity index (χ3n) is 5.61. The summed E-state index contributed by atoms with van der Waals surface area (Å²) in [5.41, 5.74) is 0. The number of hydrogen-bond acceptors (Lipinski definition) is 3. The topological polar surface area (TPSA) is 60.7 Å². The van der Waals surface area contributed by atoms with Crippen molar-refractivity contribution in [3.63, 3.8) is 0 Å². The molecule has 0 bridgehead atoms. The fourth-order valence-corrected chi connectivity index (χ4v) is 3.82. The highest BCUT2D eigenvalue weighted by Crippen LogP contribution is 2.22. The first kappa shape index (κ1) is 25.9. The maximum absolute atomic E-state index is 9.07. The van der Waals surface area contributed by atoms with Crippen LogP contribution in [-0.2, 0) is 0 Å². The van der Waals surface area contributed by atoms with E-state index in [0.717, 1.165) is 19.3 Å². The maximum Gasteiger partial charge on any atom is 0.275 e. The molecule has 0 saturated carbocycles. The molecule has 3 heteroatoms. The van der Waals surface area contributed by atoms with Gasteiger partial charge < -0.3 is 15.3 Å². The SMILES string of the molecule is CCCCCCCCCCCCCCCCCCC(CC)CC(O)(O)O. The molecule has 0 radical (unpaired) electrons. The van der Waals surface area contributed by atoms with E-state index in [9.17, 15) is 0 Å². The molecule has 26 heavy (non-hydrogen) atoms. The van der Waals surface area contributed by atoms with Crippen LogP contribution in [0.15, 0.2) is 0 Å². The summed E-state index contributed by atoms with van der Waals surface area (Å²) in [5, 5.41) is 27.2. The molecule has 0 amide bonds. The predicted octanol–water partition coefficient (Wildman–Crippen LogP) is 6.69. The van der Waals surface area contributed by atoms with E-state index < -0.39 is 5.97 Å². The van der Waals surface area contributed by atoms with Gasteiger partial charge in [0, 0.05) is 6.42 Å². The lowest BCUT2D eigenvalue weighted by atomic mass is 9.94. The molecule has 158 valence electrons. The third kappa shape index (κ3) is 20.2. The van der Waals surface area contributed by atoms with Crippen LogP contribution in [0.4, 0.5) is 0 Å². The number of unbranched alkanes of at least 4 members (excludes halogenated alkanes) is 15. The number of aliphatic hydroxyl groups is 3. The van der Waals surface area contributed by atoms with Crippen molar-refractivity contribution in [3.8, 4) is 0 Å². The van der Waals surface area contributed by atoms with E-state index in [1.165, 1.54) is 96.3 Å². The van der Waals surface area contributed by atoms with Gasteiger partial charge in [0.1, 0.15) is 0 Å². The molecule has 0 aliphatic heterocycles. The van der Waals surface area contributed by atoms with E-state index in [2.05, 4.69) is 6.92 Å². The zero-order chi connectivity index (χ0) is 19.5. The molecule has 0 aromatic heterocycles. The van der Waals surface area contributed by atoms with E-state index in [-0.39, 0.29) is 12.3 Å². The Morgan fingerprint density at radius 3 is 1.19 bits per heavy atom. The van der Waals surface area contributed by atoms with Gasteiger partial charge in [-0.2, -0.15) is 0 Å². The molecule has 0 rings (SSSR count). The van der Waals surface area contributed by atoms with Crippen molar-refractivity contribution in [3.05, 3.63) is 0 Å². The second kappa shape index (κ2) is 18.3. The Bertz CT molecular complexity index is 273. The Labute approximate surface area is 163 Å². The van der Waals surface area contributed by atoms with Gasteiger partial charge in [0.05, 0.1) is 0 Å². The largest absolute Gasteiger partial charge is 0.344 e. The molecule has 0 aromatic rings. The van der Waals surface area contributed by atoms with Gasteiger partial charge in [-0.15, -0.1) is 0 Å². The van der Waals surface area contributed by atoms with Crippen molar-refractivity contribution in [1.82, 2.24) is 0 Å². The highest BCUT2D eigenvalue weighted by atomic mass is 16.7. The van der Waals surface area contributed by atoms with Gasteiger partial charge in [-0.3, -0.25) is 0 Å². The number of hydrogen-bond donors (Lipinski definition) is 3. The van der Waals surface area contributed by atoms with Crippen LogP contribution in [-0.4, -0.2) is 21.3 Å². The average molecular weight is 373 g/mol. The Morgan fingerprint density at radius 2 is 0.885 bits per heavy atom. The van der Waals surface area contributed by atoms with Crippen LogP contribution in [0.2, 0.25) is 0 Å². The van der Waals surface area contributed by atoms with Crippen molar-refractivity contribution >= 4 is 0 Å². The minimum Gasteiger partial charge on any atom is -0.344 e. The summed E-state index contributed by atoms with van der Waals surface area (Å²) in [6.45, 7) is 4.32. The van der Waals surface area contributed by atoms with Crippen LogP contribution < -0.4 is 0 Å². The average Bonchev–Trinajstić information content (AvgIpc) is 2.59. The highest BCUT2D eigenvalue weighted by molar-refractivity contribution is 4.62. The Balaban J connectivity index is 3.22. The summed E-state index contributed by atoms with van der Waals surface area (Å²) in [7, 11) is 0. The van der Waals surface area contributed by atoms with Crippen LogP contribution in [0.5, 0.6) is 0 Å². The molecule has 0 spiro atoms. The van der Waals surface area contributed by atoms with Crippen LogP contribution in [0.25, 0.3) is 0 Å². The fourth-order valence-electron chi connectivity index (χ4n) is 3.82. The lowest BCUT2D eigenvalue weighted by molar-refractivity contribution is -0.320. The normalized spacial score (nSPS) is 13.3. The first-order valence-corrected chi connectivity index (χ1v) is 11.7. The first-order valence-electron chi connectivity index (χ1n) is 11.7. The van der Waals surface area contributed by atoms with Gasteiger partial charge in [0.25, 0.3) is 5.97 Å². The summed E-state index contributed by atoms with van der Waals surface area (Å²) < 4.78 is 0. The standard InChI is InChI=1S/C23H48O3/c1-3-5-6-7-8-9-10-11-12-13-14-15-16-17-18-19-20-22(4-2)21-23(24,25)26/h22,24-26H,3-21H2,1-2H3. The second-order valence-corrected chi connectivity index (χ2v) is 8.34. The van der Waals surface area contributed by atoms with Crippen molar-refractivity contribution < 1.29 is 15.3 Å². The van der Waals surface area contributed by atoms with Crippen molar-refractivity contribution in [2.24, 2.45) is 5.92 Å². The van der Waals surface area contributed by atoms with E-state index in [1.54, 1.807) is 0 Å². The van der Waals surface area contributed by atoms with Gasteiger partial charge in [0.2, 0.25) is 0 Å². The first-order chi connectivity index (χ1) is 12.5. The molecule has 1 atom stereocenters. The summed E-state index contributed by atoms with van der Waals surface area (Å²) in [6, 6.07) is 0. The Morgan fingerprint density at radius 1 is 0.538 bits per heavy atom. The Hall–Kier alpha value is -0.120. The highest BCUT2D eigenvalue weighted by Gasteiger charge is 2.23. The van der Waals surface area contributed by atoms with Gasteiger partial charge in [0.15, 0.2) is 0 Å². The van der Waals surface area contributed by atoms with Gasteiger partial charge in [-0.25, -0.2) is 0 Å². The monoisotopic (exact) mass is 372 g/mol. The van der Waals surface area contributed by atoms with Crippen LogP contribution in [0.1, 0.15) is 136 Å². The molecule has 0 fully saturated rings. The van der Waals surface area contributed by atoms with Crippen molar-refractivity contribution in [2.75, 3.05) is 0 Å². The number of rotatable bonds is 20. The lowest BCUT2D eigenvalue weighted by Gasteiger charge is -2.21. The summed E-state index contributed by atoms with van der Waals surface area (Å²) in [4.78, 5) is 0. The molecule has 1 unspecified atom stereocenters. The zero-order valence-corrected chi connectivity index (χ0v) is 17.9. The van der Waals surface area contributed by atoms with Crippen LogP contribution >= 0.6 is 0 Å². The van der Waals surface area contributed by atoms with Crippen molar-refractivity contribution in [1.29, 1.82) is 0 Å². The minimum atomic E-state index is -2.49.